The van der Waals surface area contributed by atoms with Gasteiger partial charge in [0, 0.05) is 31.8 Å². The highest BCUT2D eigenvalue weighted by Crippen LogP contribution is 2.29. The van der Waals surface area contributed by atoms with E-state index >= 15 is 0 Å². The van der Waals surface area contributed by atoms with E-state index in [1.807, 2.05) is 24.6 Å². The minimum absolute atomic E-state index is 0.000826. The second-order valence-corrected chi connectivity index (χ2v) is 9.39. The minimum atomic E-state index is -0.000826. The molecule has 3 aromatic rings. The highest BCUT2D eigenvalue weighted by Gasteiger charge is 2.27. The molecule has 31 heavy (non-hydrogen) atoms. The van der Waals surface area contributed by atoms with E-state index in [0.29, 0.717) is 19.7 Å². The summed E-state index contributed by atoms with van der Waals surface area (Å²) < 4.78 is 7.39. The maximum Gasteiger partial charge on any atom is 0.224 e. The second kappa shape index (κ2) is 9.78. The Hall–Kier alpha value is -2.45. The van der Waals surface area contributed by atoms with E-state index in [2.05, 4.69) is 41.4 Å². The molecule has 3 heterocycles. The molecule has 1 fully saturated rings. The molecule has 7 nitrogen and oxygen atoms in total. The molecule has 1 saturated heterocycles. The fourth-order valence-corrected chi connectivity index (χ4v) is 4.71. The van der Waals surface area contributed by atoms with E-state index in [4.69, 9.17) is 14.8 Å². The zero-order valence-corrected chi connectivity index (χ0v) is 19.3. The molecule has 1 aromatic carbocycles. The molecule has 0 spiro atoms. The molecule has 1 N–H and O–H groups in total. The van der Waals surface area contributed by atoms with Crippen molar-refractivity contribution in [1.29, 1.82) is 0 Å². The lowest BCUT2D eigenvalue weighted by molar-refractivity contribution is -0.125. The zero-order valence-electron chi connectivity index (χ0n) is 18.5. The van der Waals surface area contributed by atoms with E-state index in [9.17, 15) is 4.79 Å². The number of aryl methyl sites for hydroxylation is 1. The minimum Gasteiger partial charge on any atom is -0.379 e. The number of imidazole rings is 1. The normalized spacial score (nSPS) is 16.9. The third kappa shape index (κ3) is 5.43. The lowest BCUT2D eigenvalue weighted by atomic mass is 9.97. The average molecular weight is 442 g/mol. The lowest BCUT2D eigenvalue weighted by Crippen LogP contribution is -2.43. The van der Waals surface area contributed by atoms with Gasteiger partial charge in [0.25, 0.3) is 0 Å². The first-order valence-corrected chi connectivity index (χ1v) is 11.9. The van der Waals surface area contributed by atoms with Crippen molar-refractivity contribution in [2.45, 2.75) is 46.1 Å². The number of rotatable bonds is 8. The Bertz CT molecular complexity index is 979. The molecule has 0 radical (unpaired) electrons. The Kier molecular flexibility index (Phi) is 6.87. The van der Waals surface area contributed by atoms with Crippen molar-refractivity contribution in [3.05, 3.63) is 36.0 Å². The Morgan fingerprint density at radius 1 is 1.32 bits per heavy atom. The van der Waals surface area contributed by atoms with Crippen LogP contribution in [0.1, 0.15) is 38.7 Å². The van der Waals surface area contributed by atoms with Crippen molar-refractivity contribution < 1.29 is 9.53 Å². The van der Waals surface area contributed by atoms with Gasteiger partial charge in [-0.15, -0.1) is 5.10 Å². The summed E-state index contributed by atoms with van der Waals surface area (Å²) in [4.78, 5) is 20.5. The molecular formula is C23H31N5O2S. The quantitative estimate of drug-likeness (QED) is 0.537. The third-order valence-electron chi connectivity index (χ3n) is 5.51. The van der Waals surface area contributed by atoms with Crippen LogP contribution in [0.2, 0.25) is 0 Å². The lowest BCUT2D eigenvalue weighted by Gasteiger charge is -2.31. The highest BCUT2D eigenvalue weighted by molar-refractivity contribution is 7.20. The van der Waals surface area contributed by atoms with Gasteiger partial charge in [-0.3, -0.25) is 4.79 Å². The van der Waals surface area contributed by atoms with Gasteiger partial charge < -0.3 is 15.0 Å². The standard InChI is InChI=1S/C23H31N5O2S/c1-16(2)30-13-5-11-24-21(29)19-6-4-12-27(14-19)23-26-28-15-20(25-22(28)31-23)18-9-7-17(3)8-10-18/h7-10,15-16,19H,4-6,11-14H2,1-3H3,(H,24,29)/t19-/m1/s1. The molecule has 0 aliphatic carbocycles. The fourth-order valence-electron chi connectivity index (χ4n) is 3.79. The number of aromatic nitrogens is 3. The number of benzene rings is 1. The Labute approximate surface area is 187 Å². The average Bonchev–Trinajstić information content (AvgIpc) is 3.33. The smallest absolute Gasteiger partial charge is 0.224 e. The fraction of sp³-hybridized carbons (Fsp3) is 0.522. The van der Waals surface area contributed by atoms with Gasteiger partial charge in [-0.05, 0) is 40.0 Å². The van der Waals surface area contributed by atoms with E-state index in [-0.39, 0.29) is 17.9 Å². The molecule has 8 heteroatoms. The Morgan fingerprint density at radius 2 is 2.13 bits per heavy atom. The van der Waals surface area contributed by atoms with Crippen molar-refractivity contribution >= 4 is 27.3 Å². The summed E-state index contributed by atoms with van der Waals surface area (Å²) >= 11 is 1.58. The first-order chi connectivity index (χ1) is 15.0. The van der Waals surface area contributed by atoms with Crippen LogP contribution in [0.5, 0.6) is 0 Å². The first-order valence-electron chi connectivity index (χ1n) is 11.1. The van der Waals surface area contributed by atoms with Crippen molar-refractivity contribution in [2.75, 3.05) is 31.1 Å². The zero-order chi connectivity index (χ0) is 21.8. The Balaban J connectivity index is 1.35. The van der Waals surface area contributed by atoms with Gasteiger partial charge in [-0.2, -0.15) is 0 Å². The summed E-state index contributed by atoms with van der Waals surface area (Å²) in [6.45, 7) is 9.09. The predicted molar refractivity (Wildman–Crippen MR) is 125 cm³/mol. The van der Waals surface area contributed by atoms with Crippen LogP contribution in [0.15, 0.2) is 30.5 Å². The van der Waals surface area contributed by atoms with Gasteiger partial charge in [-0.1, -0.05) is 41.2 Å². The number of carbonyl (C=O) groups is 1. The van der Waals surface area contributed by atoms with Crippen LogP contribution in [-0.2, 0) is 9.53 Å². The molecule has 2 aromatic heterocycles. The number of hydrogen-bond donors (Lipinski definition) is 1. The van der Waals surface area contributed by atoms with E-state index in [1.165, 1.54) is 5.56 Å². The number of hydrogen-bond acceptors (Lipinski definition) is 6. The number of nitrogens with one attached hydrogen (secondary N) is 1. The van der Waals surface area contributed by atoms with Crippen LogP contribution in [0.3, 0.4) is 0 Å². The number of anilines is 1. The molecule has 4 rings (SSSR count). The van der Waals surface area contributed by atoms with Crippen molar-refractivity contribution in [1.82, 2.24) is 19.9 Å². The van der Waals surface area contributed by atoms with Crippen LogP contribution in [-0.4, -0.2) is 52.9 Å². The molecule has 0 bridgehead atoms. The van der Waals surface area contributed by atoms with Gasteiger partial charge in [0.15, 0.2) is 0 Å². The second-order valence-electron chi connectivity index (χ2n) is 8.45. The summed E-state index contributed by atoms with van der Waals surface area (Å²) in [6.07, 6.45) is 4.96. The number of ether oxygens (including phenoxy) is 1. The molecular weight excluding hydrogens is 410 g/mol. The summed E-state index contributed by atoms with van der Waals surface area (Å²) in [5.74, 6) is 0.136. The number of piperidine rings is 1. The SMILES string of the molecule is Cc1ccc(-c2cn3nc(N4CCC[C@@H](C(=O)NCCCOC(C)C)C4)sc3n2)cc1. The van der Waals surface area contributed by atoms with E-state index < -0.39 is 0 Å². The van der Waals surface area contributed by atoms with Gasteiger partial charge in [0.1, 0.15) is 0 Å². The molecule has 1 aliphatic heterocycles. The maximum atomic E-state index is 12.6. The van der Waals surface area contributed by atoms with Crippen molar-refractivity contribution in [3.8, 4) is 11.3 Å². The summed E-state index contributed by atoms with van der Waals surface area (Å²) in [6, 6.07) is 8.37. The number of fused-ring (bicyclic) bond motifs is 1. The predicted octanol–water partition coefficient (Wildman–Crippen LogP) is 3.91. The van der Waals surface area contributed by atoms with Crippen molar-refractivity contribution in [2.24, 2.45) is 5.92 Å². The Morgan fingerprint density at radius 3 is 2.87 bits per heavy atom. The monoisotopic (exact) mass is 441 g/mol. The number of carbonyl (C=O) groups excluding carboxylic acids is 1. The molecule has 0 unspecified atom stereocenters. The molecule has 1 amide bonds. The van der Waals surface area contributed by atoms with Crippen LogP contribution in [0.4, 0.5) is 5.13 Å². The van der Waals surface area contributed by atoms with Crippen LogP contribution in [0.25, 0.3) is 16.2 Å². The largest absolute Gasteiger partial charge is 0.379 e. The highest BCUT2D eigenvalue weighted by atomic mass is 32.1. The molecule has 0 saturated carbocycles. The number of nitrogens with zero attached hydrogens (tertiary/aromatic N) is 4. The molecule has 166 valence electrons. The van der Waals surface area contributed by atoms with Gasteiger partial charge in [0.05, 0.1) is 23.9 Å². The van der Waals surface area contributed by atoms with Crippen LogP contribution < -0.4 is 10.2 Å². The summed E-state index contributed by atoms with van der Waals surface area (Å²) in [5, 5.41) is 8.75. The van der Waals surface area contributed by atoms with Crippen LogP contribution >= 0.6 is 11.3 Å². The summed E-state index contributed by atoms with van der Waals surface area (Å²) in [7, 11) is 0. The number of amides is 1. The van der Waals surface area contributed by atoms with E-state index in [0.717, 1.165) is 47.2 Å². The van der Waals surface area contributed by atoms with Gasteiger partial charge in [0.2, 0.25) is 16.0 Å². The first kappa shape index (κ1) is 21.8. The third-order valence-corrected chi connectivity index (χ3v) is 6.50. The van der Waals surface area contributed by atoms with E-state index in [1.54, 1.807) is 11.3 Å². The maximum absolute atomic E-state index is 12.6. The summed E-state index contributed by atoms with van der Waals surface area (Å²) in [5.41, 5.74) is 3.26. The van der Waals surface area contributed by atoms with Crippen molar-refractivity contribution in [3.63, 3.8) is 0 Å². The van der Waals surface area contributed by atoms with Gasteiger partial charge in [-0.25, -0.2) is 9.50 Å². The molecule has 1 aliphatic rings. The van der Waals surface area contributed by atoms with Gasteiger partial charge >= 0.3 is 0 Å². The van der Waals surface area contributed by atoms with Crippen LogP contribution in [0, 0.1) is 12.8 Å². The topological polar surface area (TPSA) is 71.8 Å². The molecule has 1 atom stereocenters.